The molecule has 6 nitrogen and oxygen atoms in total. The molecule has 2 amide bonds. The van der Waals surface area contributed by atoms with Crippen LogP contribution in [-0.4, -0.2) is 65.4 Å². The number of rotatable bonds is 3. The Bertz CT molecular complexity index is 860. The SMILES string of the molecule is O=C([C@H]1CCC(=O)N(C2CC2)C1)N1CCCN(c2nc3ccccc3s2)CC1. The van der Waals surface area contributed by atoms with Gasteiger partial charge in [-0.3, -0.25) is 9.59 Å². The van der Waals surface area contributed by atoms with Gasteiger partial charge in [0.05, 0.1) is 16.1 Å². The Balaban J connectivity index is 1.24. The van der Waals surface area contributed by atoms with Crippen molar-refractivity contribution in [2.75, 3.05) is 37.6 Å². The van der Waals surface area contributed by atoms with Crippen molar-refractivity contribution in [2.45, 2.75) is 38.1 Å². The fourth-order valence-electron chi connectivity index (χ4n) is 4.39. The summed E-state index contributed by atoms with van der Waals surface area (Å²) in [6.07, 6.45) is 4.40. The number of carbonyl (C=O) groups is 2. The van der Waals surface area contributed by atoms with Crippen LogP contribution in [0.5, 0.6) is 0 Å². The Kier molecular flexibility index (Phi) is 4.70. The third-order valence-corrected chi connectivity index (χ3v) is 7.24. The predicted molar refractivity (Wildman–Crippen MR) is 110 cm³/mol. The second kappa shape index (κ2) is 7.35. The van der Waals surface area contributed by atoms with Crippen molar-refractivity contribution in [1.82, 2.24) is 14.8 Å². The van der Waals surface area contributed by atoms with E-state index >= 15 is 0 Å². The van der Waals surface area contributed by atoms with Crippen molar-refractivity contribution in [2.24, 2.45) is 5.92 Å². The summed E-state index contributed by atoms with van der Waals surface area (Å²) in [5.74, 6) is 0.459. The topological polar surface area (TPSA) is 56.8 Å². The fourth-order valence-corrected chi connectivity index (χ4v) is 5.41. The van der Waals surface area contributed by atoms with Gasteiger partial charge in [0.1, 0.15) is 0 Å². The third kappa shape index (κ3) is 3.48. The minimum atomic E-state index is -0.0210. The number of carbonyl (C=O) groups excluding carboxylic acids is 2. The molecule has 1 aromatic heterocycles. The lowest BCUT2D eigenvalue weighted by Crippen LogP contribution is -2.48. The number of hydrogen-bond donors (Lipinski definition) is 0. The van der Waals surface area contributed by atoms with Gasteiger partial charge in [0, 0.05) is 45.2 Å². The van der Waals surface area contributed by atoms with Gasteiger partial charge in [0.15, 0.2) is 5.13 Å². The average molecular weight is 399 g/mol. The van der Waals surface area contributed by atoms with Crippen molar-refractivity contribution in [3.05, 3.63) is 24.3 Å². The number of nitrogens with zero attached hydrogens (tertiary/aromatic N) is 4. The molecule has 0 N–H and O–H groups in total. The molecule has 2 aliphatic heterocycles. The molecule has 1 aliphatic carbocycles. The van der Waals surface area contributed by atoms with Gasteiger partial charge >= 0.3 is 0 Å². The maximum atomic E-state index is 13.1. The summed E-state index contributed by atoms with van der Waals surface area (Å²) in [5.41, 5.74) is 1.05. The number of fused-ring (bicyclic) bond motifs is 1. The van der Waals surface area contributed by atoms with Crippen LogP contribution in [0, 0.1) is 5.92 Å². The van der Waals surface area contributed by atoms with Crippen LogP contribution in [-0.2, 0) is 9.59 Å². The van der Waals surface area contributed by atoms with Crippen LogP contribution in [0.25, 0.3) is 10.2 Å². The molecule has 3 aliphatic rings. The molecule has 7 heteroatoms. The van der Waals surface area contributed by atoms with Crippen LogP contribution in [0.4, 0.5) is 5.13 Å². The maximum absolute atomic E-state index is 13.1. The number of thiazole rings is 1. The molecular weight excluding hydrogens is 372 g/mol. The van der Waals surface area contributed by atoms with E-state index in [1.807, 2.05) is 21.9 Å². The molecule has 1 atom stereocenters. The molecule has 3 fully saturated rings. The van der Waals surface area contributed by atoms with Crippen molar-refractivity contribution in [3.8, 4) is 0 Å². The van der Waals surface area contributed by atoms with E-state index in [4.69, 9.17) is 4.98 Å². The molecule has 1 saturated carbocycles. The minimum absolute atomic E-state index is 0.0210. The standard InChI is InChI=1S/C21H26N4O2S/c26-19-9-6-15(14-25(19)16-7-8-16)20(27)23-10-3-11-24(13-12-23)21-22-17-4-1-2-5-18(17)28-21/h1-2,4-5,15-16H,3,6-14H2/t15-/m0/s1. The van der Waals surface area contributed by atoms with E-state index in [1.165, 1.54) is 4.70 Å². The smallest absolute Gasteiger partial charge is 0.227 e. The van der Waals surface area contributed by atoms with Gasteiger partial charge in [-0.15, -0.1) is 0 Å². The molecule has 28 heavy (non-hydrogen) atoms. The fraction of sp³-hybridized carbons (Fsp3) is 0.571. The van der Waals surface area contributed by atoms with Crippen LogP contribution < -0.4 is 4.90 Å². The first-order valence-corrected chi connectivity index (χ1v) is 11.2. The Labute approximate surface area is 169 Å². The van der Waals surface area contributed by atoms with Gasteiger partial charge in [-0.1, -0.05) is 23.5 Å². The highest BCUT2D eigenvalue weighted by Crippen LogP contribution is 2.33. The molecule has 0 radical (unpaired) electrons. The number of benzene rings is 1. The van der Waals surface area contributed by atoms with E-state index in [9.17, 15) is 9.59 Å². The minimum Gasteiger partial charge on any atom is -0.346 e. The number of likely N-dealkylation sites (tertiary alicyclic amines) is 1. The van der Waals surface area contributed by atoms with Gasteiger partial charge in [0.2, 0.25) is 11.8 Å². The summed E-state index contributed by atoms with van der Waals surface area (Å²) >= 11 is 1.73. The lowest BCUT2D eigenvalue weighted by molar-refractivity contribution is -0.143. The van der Waals surface area contributed by atoms with E-state index in [1.54, 1.807) is 11.3 Å². The molecule has 0 spiro atoms. The second-order valence-corrected chi connectivity index (χ2v) is 9.15. The monoisotopic (exact) mass is 398 g/mol. The zero-order chi connectivity index (χ0) is 19.1. The molecule has 2 aromatic rings. The van der Waals surface area contributed by atoms with E-state index < -0.39 is 0 Å². The third-order valence-electron chi connectivity index (χ3n) is 6.14. The van der Waals surface area contributed by atoms with E-state index in [-0.39, 0.29) is 17.7 Å². The summed E-state index contributed by atoms with van der Waals surface area (Å²) < 4.78 is 1.21. The first-order valence-electron chi connectivity index (χ1n) is 10.4. The molecule has 0 bridgehead atoms. The predicted octanol–water partition coefficient (Wildman–Crippen LogP) is 2.74. The normalized spacial score (nSPS) is 23.9. The van der Waals surface area contributed by atoms with Crippen molar-refractivity contribution < 1.29 is 9.59 Å². The zero-order valence-corrected chi connectivity index (χ0v) is 16.9. The number of piperidine rings is 1. The number of para-hydroxylation sites is 1. The Morgan fingerprint density at radius 1 is 1.07 bits per heavy atom. The van der Waals surface area contributed by atoms with Crippen LogP contribution in [0.15, 0.2) is 24.3 Å². The molecule has 2 saturated heterocycles. The largest absolute Gasteiger partial charge is 0.346 e. The van der Waals surface area contributed by atoms with E-state index in [0.29, 0.717) is 25.4 Å². The Morgan fingerprint density at radius 2 is 1.93 bits per heavy atom. The van der Waals surface area contributed by atoms with Crippen molar-refractivity contribution in [3.63, 3.8) is 0 Å². The van der Waals surface area contributed by atoms with Crippen LogP contribution in [0.3, 0.4) is 0 Å². The van der Waals surface area contributed by atoms with Crippen LogP contribution in [0.2, 0.25) is 0 Å². The van der Waals surface area contributed by atoms with E-state index in [2.05, 4.69) is 17.0 Å². The first kappa shape index (κ1) is 17.9. The molecule has 3 heterocycles. The molecule has 0 unspecified atom stereocenters. The number of hydrogen-bond acceptors (Lipinski definition) is 5. The highest BCUT2D eigenvalue weighted by atomic mass is 32.1. The van der Waals surface area contributed by atoms with Crippen molar-refractivity contribution in [1.29, 1.82) is 0 Å². The lowest BCUT2D eigenvalue weighted by Gasteiger charge is -2.34. The number of amides is 2. The number of anilines is 1. The number of aromatic nitrogens is 1. The molecule has 5 rings (SSSR count). The zero-order valence-electron chi connectivity index (χ0n) is 16.0. The summed E-state index contributed by atoms with van der Waals surface area (Å²) in [4.78, 5) is 36.4. The van der Waals surface area contributed by atoms with Crippen LogP contribution >= 0.6 is 11.3 Å². The highest BCUT2D eigenvalue weighted by molar-refractivity contribution is 7.22. The molecule has 148 valence electrons. The Hall–Kier alpha value is -2.15. The maximum Gasteiger partial charge on any atom is 0.227 e. The summed E-state index contributed by atoms with van der Waals surface area (Å²) in [7, 11) is 0. The molecule has 1 aromatic carbocycles. The van der Waals surface area contributed by atoms with Gasteiger partial charge < -0.3 is 14.7 Å². The van der Waals surface area contributed by atoms with Gasteiger partial charge in [-0.05, 0) is 37.8 Å². The summed E-state index contributed by atoms with van der Waals surface area (Å²) in [6, 6.07) is 8.64. The summed E-state index contributed by atoms with van der Waals surface area (Å²) in [5, 5.41) is 1.05. The van der Waals surface area contributed by atoms with E-state index in [0.717, 1.165) is 56.1 Å². The quantitative estimate of drug-likeness (QED) is 0.798. The van der Waals surface area contributed by atoms with Gasteiger partial charge in [-0.25, -0.2) is 4.98 Å². The first-order chi connectivity index (χ1) is 13.7. The van der Waals surface area contributed by atoms with Crippen molar-refractivity contribution >= 4 is 38.5 Å². The highest BCUT2D eigenvalue weighted by Gasteiger charge is 2.39. The second-order valence-electron chi connectivity index (χ2n) is 8.14. The van der Waals surface area contributed by atoms with Gasteiger partial charge in [-0.2, -0.15) is 0 Å². The Morgan fingerprint density at radius 3 is 2.75 bits per heavy atom. The average Bonchev–Trinajstić information content (AvgIpc) is 3.50. The lowest BCUT2D eigenvalue weighted by atomic mass is 9.95. The van der Waals surface area contributed by atoms with Crippen LogP contribution in [0.1, 0.15) is 32.1 Å². The molecular formula is C21H26N4O2S. The van der Waals surface area contributed by atoms with Gasteiger partial charge in [0.25, 0.3) is 0 Å². The summed E-state index contributed by atoms with van der Waals surface area (Å²) in [6.45, 7) is 3.92.